The molecule has 0 bridgehead atoms. The Morgan fingerprint density at radius 1 is 1.31 bits per heavy atom. The fourth-order valence-corrected chi connectivity index (χ4v) is 1.39. The number of hydrogen-bond acceptors (Lipinski definition) is 2. The lowest BCUT2D eigenvalue weighted by atomic mass is 10.0. The van der Waals surface area contributed by atoms with Crippen molar-refractivity contribution in [1.82, 2.24) is 0 Å². The van der Waals surface area contributed by atoms with Gasteiger partial charge >= 0.3 is 5.97 Å². The third-order valence-electron chi connectivity index (χ3n) is 2.54. The molecule has 0 spiro atoms. The molecule has 0 aromatic heterocycles. The second kappa shape index (κ2) is 10.5. The summed E-state index contributed by atoms with van der Waals surface area (Å²) in [5, 5.41) is 0. The molecule has 0 fully saturated rings. The van der Waals surface area contributed by atoms with Gasteiger partial charge < -0.3 is 4.74 Å². The first-order valence-corrected chi connectivity index (χ1v) is 6.20. The lowest BCUT2D eigenvalue weighted by molar-refractivity contribution is -0.139. The van der Waals surface area contributed by atoms with Crippen molar-refractivity contribution in [1.29, 1.82) is 0 Å². The van der Waals surface area contributed by atoms with Crippen molar-refractivity contribution in [3.05, 3.63) is 24.3 Å². The quantitative estimate of drug-likeness (QED) is 0.355. The topological polar surface area (TPSA) is 26.3 Å². The van der Waals surface area contributed by atoms with E-state index in [2.05, 4.69) is 13.8 Å². The van der Waals surface area contributed by atoms with Gasteiger partial charge in [-0.25, -0.2) is 4.79 Å². The number of rotatable bonds is 8. The van der Waals surface area contributed by atoms with Crippen molar-refractivity contribution in [2.24, 2.45) is 5.92 Å². The van der Waals surface area contributed by atoms with Crippen LogP contribution in [0.5, 0.6) is 0 Å². The van der Waals surface area contributed by atoms with Gasteiger partial charge in [0.2, 0.25) is 0 Å². The third-order valence-corrected chi connectivity index (χ3v) is 2.54. The van der Waals surface area contributed by atoms with E-state index in [1.54, 1.807) is 6.08 Å². The highest BCUT2D eigenvalue weighted by Gasteiger charge is 2.07. The molecule has 0 N–H and O–H groups in total. The fraction of sp³-hybridized carbons (Fsp3) is 0.643. The predicted octanol–water partition coefficient (Wildman–Crippen LogP) is 3.88. The molecule has 92 valence electrons. The maximum absolute atomic E-state index is 11.3. The summed E-state index contributed by atoms with van der Waals surface area (Å²) in [5.41, 5.74) is 0. The van der Waals surface area contributed by atoms with E-state index < -0.39 is 0 Å². The van der Waals surface area contributed by atoms with Crippen LogP contribution in [0.25, 0.3) is 0 Å². The molecule has 0 amide bonds. The minimum Gasteiger partial charge on any atom is -0.462 e. The fourth-order valence-electron chi connectivity index (χ4n) is 1.39. The summed E-state index contributed by atoms with van der Waals surface area (Å²) in [7, 11) is 0. The predicted molar refractivity (Wildman–Crippen MR) is 68.2 cm³/mol. The first-order chi connectivity index (χ1) is 7.74. The lowest BCUT2D eigenvalue weighted by Crippen LogP contribution is -2.12. The molecule has 1 atom stereocenters. The van der Waals surface area contributed by atoms with Crippen LogP contribution in [0.2, 0.25) is 0 Å². The molecule has 0 aromatic carbocycles. The Balaban J connectivity index is 3.78. The van der Waals surface area contributed by atoms with E-state index in [1.165, 1.54) is 18.9 Å². The Morgan fingerprint density at radius 2 is 2.06 bits per heavy atom. The lowest BCUT2D eigenvalue weighted by Gasteiger charge is -2.13. The second-order valence-electron chi connectivity index (χ2n) is 3.93. The number of allylic oxidation sites excluding steroid dienone is 3. The van der Waals surface area contributed by atoms with Crippen molar-refractivity contribution >= 4 is 5.97 Å². The Morgan fingerprint density at radius 3 is 2.62 bits per heavy atom. The Labute approximate surface area is 99.4 Å². The van der Waals surface area contributed by atoms with Crippen LogP contribution < -0.4 is 0 Å². The molecule has 16 heavy (non-hydrogen) atoms. The van der Waals surface area contributed by atoms with Gasteiger partial charge in [0.05, 0.1) is 6.61 Å². The van der Waals surface area contributed by atoms with Gasteiger partial charge in [-0.3, -0.25) is 0 Å². The highest BCUT2D eigenvalue weighted by molar-refractivity contribution is 5.82. The molecule has 0 radical (unpaired) electrons. The molecular weight excluding hydrogens is 200 g/mol. The van der Waals surface area contributed by atoms with Crippen LogP contribution in [0, 0.1) is 5.92 Å². The second-order valence-corrected chi connectivity index (χ2v) is 3.93. The van der Waals surface area contributed by atoms with Gasteiger partial charge in [0.25, 0.3) is 0 Å². The number of ether oxygens (including phenoxy) is 1. The van der Waals surface area contributed by atoms with Crippen LogP contribution >= 0.6 is 0 Å². The first-order valence-electron chi connectivity index (χ1n) is 6.20. The van der Waals surface area contributed by atoms with Gasteiger partial charge in [-0.1, -0.05) is 51.3 Å². The van der Waals surface area contributed by atoms with E-state index >= 15 is 0 Å². The van der Waals surface area contributed by atoms with Gasteiger partial charge in [-0.15, -0.1) is 0 Å². The van der Waals surface area contributed by atoms with E-state index in [1.807, 2.05) is 19.1 Å². The number of hydrogen-bond donors (Lipinski definition) is 0. The Kier molecular flexibility index (Phi) is 9.78. The SMILES string of the molecule is CC=CC=CC(=O)OCC(CC)CCCC. The normalized spacial score (nSPS) is 13.4. The molecule has 0 saturated heterocycles. The molecule has 0 saturated carbocycles. The summed E-state index contributed by atoms with van der Waals surface area (Å²) >= 11 is 0. The molecule has 0 heterocycles. The summed E-state index contributed by atoms with van der Waals surface area (Å²) in [6, 6.07) is 0. The van der Waals surface area contributed by atoms with E-state index in [9.17, 15) is 4.79 Å². The maximum atomic E-state index is 11.3. The molecule has 2 heteroatoms. The smallest absolute Gasteiger partial charge is 0.330 e. The van der Waals surface area contributed by atoms with Crippen LogP contribution in [0.4, 0.5) is 0 Å². The summed E-state index contributed by atoms with van der Waals surface area (Å²) in [6.07, 6.45) is 11.5. The van der Waals surface area contributed by atoms with E-state index in [4.69, 9.17) is 4.74 Å². The van der Waals surface area contributed by atoms with Crippen LogP contribution in [-0.2, 0) is 9.53 Å². The zero-order valence-corrected chi connectivity index (χ0v) is 10.7. The molecule has 0 aliphatic heterocycles. The van der Waals surface area contributed by atoms with Gasteiger partial charge in [-0.2, -0.15) is 0 Å². The Bertz CT molecular complexity index is 229. The molecular formula is C14H24O2. The minimum atomic E-state index is -0.243. The van der Waals surface area contributed by atoms with Crippen LogP contribution in [0.15, 0.2) is 24.3 Å². The number of carbonyl (C=O) groups excluding carboxylic acids is 1. The first kappa shape index (κ1) is 14.9. The number of unbranched alkanes of at least 4 members (excludes halogenated alkanes) is 1. The van der Waals surface area contributed by atoms with Crippen molar-refractivity contribution in [2.45, 2.75) is 46.5 Å². The minimum absolute atomic E-state index is 0.243. The number of esters is 1. The van der Waals surface area contributed by atoms with Gasteiger partial charge in [0.15, 0.2) is 0 Å². The summed E-state index contributed by atoms with van der Waals surface area (Å²) in [4.78, 5) is 11.3. The Hall–Kier alpha value is -1.05. The summed E-state index contributed by atoms with van der Waals surface area (Å²) in [6.45, 7) is 6.78. The van der Waals surface area contributed by atoms with E-state index in [0.29, 0.717) is 12.5 Å². The van der Waals surface area contributed by atoms with Crippen LogP contribution in [0.1, 0.15) is 46.5 Å². The highest BCUT2D eigenvalue weighted by Crippen LogP contribution is 2.12. The zero-order chi connectivity index (χ0) is 12.2. The number of carbonyl (C=O) groups is 1. The molecule has 0 aromatic rings. The van der Waals surface area contributed by atoms with Gasteiger partial charge in [-0.05, 0) is 19.3 Å². The van der Waals surface area contributed by atoms with Crippen molar-refractivity contribution in [3.8, 4) is 0 Å². The maximum Gasteiger partial charge on any atom is 0.330 e. The van der Waals surface area contributed by atoms with E-state index in [0.717, 1.165) is 12.8 Å². The molecule has 0 rings (SSSR count). The zero-order valence-electron chi connectivity index (χ0n) is 10.7. The largest absolute Gasteiger partial charge is 0.462 e. The van der Waals surface area contributed by atoms with Crippen LogP contribution in [0.3, 0.4) is 0 Å². The van der Waals surface area contributed by atoms with Gasteiger partial charge in [0.1, 0.15) is 0 Å². The van der Waals surface area contributed by atoms with Gasteiger partial charge in [0, 0.05) is 6.08 Å². The van der Waals surface area contributed by atoms with E-state index in [-0.39, 0.29) is 5.97 Å². The standard InChI is InChI=1S/C14H24O2/c1-4-7-9-11-14(15)16-12-13(6-3)10-8-5-2/h4,7,9,11,13H,5-6,8,10,12H2,1-3H3. The van der Waals surface area contributed by atoms with Crippen molar-refractivity contribution in [2.75, 3.05) is 6.61 Å². The van der Waals surface area contributed by atoms with Crippen LogP contribution in [-0.4, -0.2) is 12.6 Å². The third kappa shape index (κ3) is 8.27. The summed E-state index contributed by atoms with van der Waals surface area (Å²) in [5.74, 6) is 0.270. The average molecular weight is 224 g/mol. The molecule has 1 unspecified atom stereocenters. The molecule has 0 aliphatic carbocycles. The molecule has 0 aliphatic rings. The van der Waals surface area contributed by atoms with Crippen molar-refractivity contribution in [3.63, 3.8) is 0 Å². The summed E-state index contributed by atoms with van der Waals surface area (Å²) < 4.78 is 5.18. The highest BCUT2D eigenvalue weighted by atomic mass is 16.5. The van der Waals surface area contributed by atoms with Crippen molar-refractivity contribution < 1.29 is 9.53 Å². The monoisotopic (exact) mass is 224 g/mol. The average Bonchev–Trinajstić information content (AvgIpc) is 2.30. The molecule has 2 nitrogen and oxygen atoms in total.